The Morgan fingerprint density at radius 3 is 2.53 bits per heavy atom. The van der Waals surface area contributed by atoms with Gasteiger partial charge in [-0.05, 0) is 55.7 Å². The number of piperidine rings is 1. The van der Waals surface area contributed by atoms with E-state index in [-0.39, 0.29) is 35.7 Å². The maximum atomic E-state index is 13.6. The highest BCUT2D eigenvalue weighted by molar-refractivity contribution is 7.89. The number of amides is 2. The zero-order valence-electron chi connectivity index (χ0n) is 20.1. The maximum Gasteiger partial charge on any atom is 0.262 e. The van der Waals surface area contributed by atoms with Gasteiger partial charge in [-0.2, -0.15) is 4.31 Å². The molecule has 1 atom stereocenters. The minimum absolute atomic E-state index is 0.0261. The first-order valence-corrected chi connectivity index (χ1v) is 13.5. The third-order valence-corrected chi connectivity index (χ3v) is 9.05. The number of hydrogen-bond acceptors (Lipinski definition) is 6. The van der Waals surface area contributed by atoms with E-state index in [4.69, 9.17) is 4.74 Å². The molecule has 11 heteroatoms. The number of ether oxygens (including phenoxy) is 1. The first-order chi connectivity index (χ1) is 17.2. The van der Waals surface area contributed by atoms with Gasteiger partial charge in [0.2, 0.25) is 15.9 Å². The minimum atomic E-state index is -3.85. The molecule has 3 aliphatic heterocycles. The summed E-state index contributed by atoms with van der Waals surface area (Å²) in [6, 6.07) is 9.38. The van der Waals surface area contributed by atoms with Crippen molar-refractivity contribution in [3.63, 3.8) is 0 Å². The van der Waals surface area contributed by atoms with Crippen molar-refractivity contribution in [2.24, 2.45) is 5.92 Å². The molecule has 0 saturated carbocycles. The van der Waals surface area contributed by atoms with E-state index in [2.05, 4.69) is 10.2 Å². The summed E-state index contributed by atoms with van der Waals surface area (Å²) in [5.41, 5.74) is 1.88. The molecular formula is C25H29FN4O5S. The minimum Gasteiger partial charge on any atom is -0.482 e. The summed E-state index contributed by atoms with van der Waals surface area (Å²) in [7, 11) is -3.85. The van der Waals surface area contributed by atoms with Crippen molar-refractivity contribution in [3.05, 3.63) is 47.8 Å². The molecule has 0 bridgehead atoms. The van der Waals surface area contributed by atoms with Gasteiger partial charge in [0.25, 0.3) is 5.91 Å². The van der Waals surface area contributed by atoms with Crippen molar-refractivity contribution in [2.45, 2.75) is 24.7 Å². The molecule has 2 amide bonds. The fraction of sp³-hybridized carbons (Fsp3) is 0.440. The summed E-state index contributed by atoms with van der Waals surface area (Å²) in [5.74, 6) is -0.675. The topological polar surface area (TPSA) is 99.3 Å². The number of hydrogen-bond donors (Lipinski definition) is 1. The molecule has 1 N–H and O–H groups in total. The molecule has 36 heavy (non-hydrogen) atoms. The summed E-state index contributed by atoms with van der Waals surface area (Å²) in [6.45, 7) is 4.34. The van der Waals surface area contributed by atoms with Crippen LogP contribution in [0.15, 0.2) is 41.3 Å². The Kier molecular flexibility index (Phi) is 6.60. The Balaban J connectivity index is 1.26. The van der Waals surface area contributed by atoms with Crippen LogP contribution in [0.1, 0.15) is 18.4 Å². The number of nitrogens with one attached hydrogen (secondary N) is 1. The summed E-state index contributed by atoms with van der Waals surface area (Å²) >= 11 is 0. The quantitative estimate of drug-likeness (QED) is 0.669. The van der Waals surface area contributed by atoms with Crippen molar-refractivity contribution >= 4 is 33.2 Å². The third kappa shape index (κ3) is 4.77. The third-order valence-electron chi connectivity index (χ3n) is 7.04. The average Bonchev–Trinajstić information content (AvgIpc) is 2.88. The van der Waals surface area contributed by atoms with Crippen molar-refractivity contribution < 1.29 is 27.1 Å². The van der Waals surface area contributed by atoms with E-state index >= 15 is 0 Å². The maximum absolute atomic E-state index is 13.6. The highest BCUT2D eigenvalue weighted by Gasteiger charge is 2.37. The van der Waals surface area contributed by atoms with E-state index < -0.39 is 15.9 Å². The molecule has 2 fully saturated rings. The van der Waals surface area contributed by atoms with Crippen molar-refractivity contribution in [1.29, 1.82) is 0 Å². The molecule has 3 aliphatic rings. The molecule has 9 nitrogen and oxygen atoms in total. The Bertz CT molecular complexity index is 1280. The molecule has 0 radical (unpaired) electrons. The van der Waals surface area contributed by atoms with Crippen LogP contribution in [-0.4, -0.2) is 75.3 Å². The molecule has 0 spiro atoms. The van der Waals surface area contributed by atoms with Gasteiger partial charge in [-0.3, -0.25) is 9.59 Å². The van der Waals surface area contributed by atoms with Crippen LogP contribution in [-0.2, 0) is 19.6 Å². The SMILES string of the molecule is Cc1cc2c(cc1S(=O)(=O)N1CCC[C@H](C(=O)N3CCN(c4ccc(F)cc4)CC3)C1)OCC(=O)N2. The molecule has 5 rings (SSSR count). The lowest BCUT2D eigenvalue weighted by Gasteiger charge is -2.39. The monoisotopic (exact) mass is 516 g/mol. The number of nitrogens with zero attached hydrogens (tertiary/aromatic N) is 3. The van der Waals surface area contributed by atoms with Crippen LogP contribution in [0.5, 0.6) is 5.75 Å². The van der Waals surface area contributed by atoms with E-state index in [1.807, 2.05) is 4.90 Å². The summed E-state index contributed by atoms with van der Waals surface area (Å²) < 4.78 is 47.1. The largest absolute Gasteiger partial charge is 0.482 e. The van der Waals surface area contributed by atoms with E-state index in [0.717, 1.165) is 5.69 Å². The summed E-state index contributed by atoms with van der Waals surface area (Å²) in [4.78, 5) is 28.9. The second-order valence-corrected chi connectivity index (χ2v) is 11.3. The van der Waals surface area contributed by atoms with Crippen molar-refractivity contribution in [1.82, 2.24) is 9.21 Å². The number of carbonyl (C=O) groups excluding carboxylic acids is 2. The number of rotatable bonds is 4. The number of sulfonamides is 1. The van der Waals surface area contributed by atoms with Crippen LogP contribution in [0, 0.1) is 18.7 Å². The number of aryl methyl sites for hydroxylation is 1. The molecule has 2 saturated heterocycles. The Morgan fingerprint density at radius 1 is 1.08 bits per heavy atom. The molecule has 2 aromatic rings. The molecule has 0 unspecified atom stereocenters. The van der Waals surface area contributed by atoms with Crippen LogP contribution >= 0.6 is 0 Å². The Hall–Kier alpha value is -3.18. The van der Waals surface area contributed by atoms with E-state index in [9.17, 15) is 22.4 Å². The predicted octanol–water partition coefficient (Wildman–Crippen LogP) is 2.21. The van der Waals surface area contributed by atoms with E-state index in [1.54, 1.807) is 25.1 Å². The van der Waals surface area contributed by atoms with Gasteiger partial charge in [0, 0.05) is 51.0 Å². The Morgan fingerprint density at radius 2 is 1.81 bits per heavy atom. The van der Waals surface area contributed by atoms with Gasteiger partial charge in [0.15, 0.2) is 6.61 Å². The van der Waals surface area contributed by atoms with Crippen LogP contribution in [0.2, 0.25) is 0 Å². The highest BCUT2D eigenvalue weighted by Crippen LogP contribution is 2.35. The van der Waals surface area contributed by atoms with Gasteiger partial charge in [-0.1, -0.05) is 0 Å². The number of anilines is 2. The van der Waals surface area contributed by atoms with Gasteiger partial charge in [0.1, 0.15) is 11.6 Å². The van der Waals surface area contributed by atoms with Crippen LogP contribution < -0.4 is 15.0 Å². The van der Waals surface area contributed by atoms with Gasteiger partial charge in [-0.15, -0.1) is 0 Å². The standard InChI is InChI=1S/C25H29FN4O5S/c1-17-13-21-22(35-16-24(31)27-21)14-23(17)36(33,34)30-8-2-3-18(15-30)25(32)29-11-9-28(10-12-29)20-6-4-19(26)5-7-20/h4-7,13-14,18H,2-3,8-12,15-16H2,1H3,(H,27,31)/t18-/m0/s1. The number of piperazine rings is 1. The molecule has 3 heterocycles. The molecule has 0 aliphatic carbocycles. The first-order valence-electron chi connectivity index (χ1n) is 12.1. The highest BCUT2D eigenvalue weighted by atomic mass is 32.2. The molecule has 192 valence electrons. The van der Waals surface area contributed by atoms with Crippen molar-refractivity contribution in [3.8, 4) is 5.75 Å². The van der Waals surface area contributed by atoms with Gasteiger partial charge in [-0.25, -0.2) is 12.8 Å². The second-order valence-electron chi connectivity index (χ2n) is 9.44. The predicted molar refractivity (Wildman–Crippen MR) is 132 cm³/mol. The molecular weight excluding hydrogens is 487 g/mol. The van der Waals surface area contributed by atoms with Gasteiger partial charge >= 0.3 is 0 Å². The van der Waals surface area contributed by atoms with E-state index in [0.29, 0.717) is 62.6 Å². The summed E-state index contributed by atoms with van der Waals surface area (Å²) in [6.07, 6.45) is 1.24. The lowest BCUT2D eigenvalue weighted by Crippen LogP contribution is -2.53. The lowest BCUT2D eigenvalue weighted by molar-refractivity contribution is -0.137. The zero-order valence-corrected chi connectivity index (χ0v) is 20.9. The van der Waals surface area contributed by atoms with E-state index in [1.165, 1.54) is 22.5 Å². The van der Waals surface area contributed by atoms with Crippen LogP contribution in [0.25, 0.3) is 0 Å². The van der Waals surface area contributed by atoms with Crippen molar-refractivity contribution in [2.75, 3.05) is 56.1 Å². The Labute approximate surface area is 209 Å². The fourth-order valence-electron chi connectivity index (χ4n) is 5.09. The number of benzene rings is 2. The zero-order chi connectivity index (χ0) is 25.4. The van der Waals surface area contributed by atoms with Crippen LogP contribution in [0.3, 0.4) is 0 Å². The molecule has 2 aromatic carbocycles. The smallest absolute Gasteiger partial charge is 0.262 e. The lowest BCUT2D eigenvalue weighted by atomic mass is 9.97. The second kappa shape index (κ2) is 9.70. The van der Waals surface area contributed by atoms with Crippen LogP contribution in [0.4, 0.5) is 15.8 Å². The molecule has 0 aromatic heterocycles. The number of fused-ring (bicyclic) bond motifs is 1. The average molecular weight is 517 g/mol. The number of carbonyl (C=O) groups is 2. The summed E-state index contributed by atoms with van der Waals surface area (Å²) in [5, 5.41) is 2.69. The first kappa shape index (κ1) is 24.5. The van der Waals surface area contributed by atoms with Gasteiger partial charge < -0.3 is 19.9 Å². The number of halogens is 1. The normalized spacial score (nSPS) is 20.9. The fourth-order valence-corrected chi connectivity index (χ4v) is 6.84. The van der Waals surface area contributed by atoms with Gasteiger partial charge in [0.05, 0.1) is 16.5 Å².